The molecule has 0 aliphatic carbocycles. The fourth-order valence-electron chi connectivity index (χ4n) is 7.98. The quantitative estimate of drug-likeness (QED) is 0.0162. The number of fused-ring (bicyclic) bond motifs is 3. The van der Waals surface area contributed by atoms with Crippen LogP contribution in [0.2, 0.25) is 5.02 Å². The predicted octanol–water partition coefficient (Wildman–Crippen LogP) is 12.4. The number of ether oxygens (including phenoxy) is 1. The van der Waals surface area contributed by atoms with E-state index < -0.39 is 79.1 Å². The molecule has 0 radical (unpaired) electrons. The maximum atomic E-state index is 12.3. The Morgan fingerprint density at radius 3 is 1.55 bits per heavy atom. The number of nitriles is 2. The van der Waals surface area contributed by atoms with E-state index >= 15 is 0 Å². The number of benzene rings is 5. The Hall–Kier alpha value is -7.72. The van der Waals surface area contributed by atoms with Crippen LogP contribution in [0.4, 0.5) is 45.5 Å². The van der Waals surface area contributed by atoms with E-state index in [0.29, 0.717) is 54.1 Å². The summed E-state index contributed by atoms with van der Waals surface area (Å²) in [5.41, 5.74) is 3.47. The van der Waals surface area contributed by atoms with Crippen LogP contribution in [0.3, 0.4) is 0 Å². The normalized spacial score (nSPS) is 12.4. The number of hydrogen-bond donors (Lipinski definition) is 5. The Balaban J connectivity index is 0.00000299. The molecule has 0 spiro atoms. The van der Waals surface area contributed by atoms with Gasteiger partial charge in [-0.05, 0) is 142 Å². The van der Waals surface area contributed by atoms with Crippen LogP contribution < -0.4 is 4.74 Å². The molecule has 0 atom stereocenters. The number of rotatable bonds is 24. The molecule has 0 unspecified atom stereocenters. The van der Waals surface area contributed by atoms with Gasteiger partial charge in [0.25, 0.3) is 40.5 Å². The minimum absolute atomic E-state index is 0.0118. The number of azo groups is 4. The van der Waals surface area contributed by atoms with Crippen molar-refractivity contribution >= 4 is 148 Å². The zero-order chi connectivity index (χ0) is 65.1. The highest BCUT2D eigenvalue weighted by Gasteiger charge is 2.26. The number of hydrogen-bond acceptors (Lipinski definition) is 26. The lowest BCUT2D eigenvalue weighted by atomic mass is 10.1. The lowest BCUT2D eigenvalue weighted by Crippen LogP contribution is -2.08. The molecule has 0 bridgehead atoms. The van der Waals surface area contributed by atoms with Gasteiger partial charge in [0.1, 0.15) is 45.2 Å². The van der Waals surface area contributed by atoms with Crippen LogP contribution in [0.1, 0.15) is 58.2 Å². The molecule has 37 heteroatoms. The maximum Gasteiger partial charge on any atom is 0.425 e. The molecule has 0 saturated carbocycles. The van der Waals surface area contributed by atoms with Gasteiger partial charge in [-0.2, -0.15) is 59.5 Å². The molecule has 88 heavy (non-hydrogen) atoms. The van der Waals surface area contributed by atoms with E-state index in [1.165, 1.54) is 54.7 Å². The second kappa shape index (κ2) is 29.5. The maximum absolute atomic E-state index is 12.3. The van der Waals surface area contributed by atoms with Gasteiger partial charge in [0.15, 0.2) is 11.3 Å². The van der Waals surface area contributed by atoms with Gasteiger partial charge in [0, 0.05) is 26.4 Å². The second-order valence-corrected chi connectivity index (χ2v) is 27.9. The molecule has 0 saturated heterocycles. The van der Waals surface area contributed by atoms with Gasteiger partial charge >= 0.3 is 10.6 Å². The van der Waals surface area contributed by atoms with Gasteiger partial charge in [0.05, 0.1) is 63.4 Å². The van der Waals surface area contributed by atoms with Gasteiger partial charge in [-0.15, -0.1) is 61.7 Å². The molecule has 7 aromatic rings. The monoisotopic (exact) mass is 1360 g/mol. The molecular weight excluding hydrogens is 1310 g/mol. The zero-order valence-corrected chi connectivity index (χ0v) is 52.9. The summed E-state index contributed by atoms with van der Waals surface area (Å²) >= 11 is 8.46. The molecular formula is C51H49ClN12O17S7. The summed E-state index contributed by atoms with van der Waals surface area (Å²) in [6.07, 6.45) is -0.0569. The molecule has 2 aromatic heterocycles. The summed E-state index contributed by atoms with van der Waals surface area (Å²) in [4.78, 5) is 4.72. The Labute approximate surface area is 518 Å². The first-order valence-corrected chi connectivity index (χ1v) is 34.7. The third-order valence-corrected chi connectivity index (χ3v) is 17.9. The number of aromatic hydroxyl groups is 1. The van der Waals surface area contributed by atoms with Crippen molar-refractivity contribution in [2.45, 2.75) is 68.6 Å². The summed E-state index contributed by atoms with van der Waals surface area (Å²) in [5, 5.41) is 67.5. The van der Waals surface area contributed by atoms with Gasteiger partial charge in [-0.25, -0.2) is 4.98 Å². The molecule has 29 nitrogen and oxygen atoms in total. The Bertz CT molecular complexity index is 4720. The second-order valence-electron chi connectivity index (χ2n) is 18.7. The van der Waals surface area contributed by atoms with E-state index in [1.54, 1.807) is 64.1 Å². The van der Waals surface area contributed by atoms with Crippen molar-refractivity contribution in [3.8, 4) is 23.8 Å². The molecule has 0 aliphatic heterocycles. The summed E-state index contributed by atoms with van der Waals surface area (Å²) in [7, 11) is -20.8. The molecule has 464 valence electrons. The number of thioether (sulfide) groups is 2. The number of halogens is 1. The largest absolute Gasteiger partial charge is 0.493 e. The summed E-state index contributed by atoms with van der Waals surface area (Å²) in [5.74, 6) is -1.89. The molecule has 2 heterocycles. The molecule has 0 fully saturated rings. The average Bonchev–Trinajstić information content (AvgIpc) is 1.91. The van der Waals surface area contributed by atoms with Crippen LogP contribution in [0.5, 0.6) is 11.6 Å². The number of pyridine rings is 1. The van der Waals surface area contributed by atoms with Crippen molar-refractivity contribution in [2.75, 3.05) is 35.4 Å². The van der Waals surface area contributed by atoms with E-state index in [-0.39, 0.29) is 105 Å². The van der Waals surface area contributed by atoms with Crippen molar-refractivity contribution in [2.24, 2.45) is 40.9 Å². The van der Waals surface area contributed by atoms with E-state index in [1.807, 2.05) is 12.1 Å². The lowest BCUT2D eigenvalue weighted by molar-refractivity contribution is 0.317. The highest BCUT2D eigenvalue weighted by atomic mass is 35.5. The van der Waals surface area contributed by atoms with E-state index in [9.17, 15) is 67.5 Å². The number of aromatic nitrogens is 2. The van der Waals surface area contributed by atoms with Crippen molar-refractivity contribution in [1.82, 2.24) is 9.38 Å². The van der Waals surface area contributed by atoms with Crippen LogP contribution in [-0.2, 0) is 51.1 Å². The van der Waals surface area contributed by atoms with Crippen molar-refractivity contribution in [3.05, 3.63) is 111 Å². The number of imidazole rings is 1. The lowest BCUT2D eigenvalue weighted by Gasteiger charge is -2.12. The summed E-state index contributed by atoms with van der Waals surface area (Å²) in [6.45, 7) is 7.89. The number of aryl methyl sites for hydroxylation is 4. The first-order chi connectivity index (χ1) is 41.2. The van der Waals surface area contributed by atoms with Crippen LogP contribution in [0.25, 0.3) is 16.7 Å². The van der Waals surface area contributed by atoms with Crippen molar-refractivity contribution < 1.29 is 74.4 Å². The molecule has 5 N–H and O–H groups in total. The highest BCUT2D eigenvalue weighted by Crippen LogP contribution is 2.44. The highest BCUT2D eigenvalue weighted by molar-refractivity contribution is 7.99. The first-order valence-electron chi connectivity index (χ1n) is 25.0. The molecule has 0 amide bonds. The smallest absolute Gasteiger partial charge is 0.425 e. The predicted molar refractivity (Wildman–Crippen MR) is 325 cm³/mol. The molecule has 0 aliphatic rings. The molecule has 7 rings (SSSR count). The van der Waals surface area contributed by atoms with Gasteiger partial charge in [-0.3, -0.25) is 22.6 Å². The Kier molecular flexibility index (Phi) is 23.3. The van der Waals surface area contributed by atoms with Crippen LogP contribution in [0.15, 0.2) is 122 Å². The fourth-order valence-corrected chi connectivity index (χ4v) is 12.6. The standard InChI is InChI=1S/C51H49ClN12O14S6.O3S/c1-28-9-12-46(84(75,76)77)48-49(28)64-50(55-48)35(27-54)32(5)47(51(64)65)63-60-40-19-29(2)37(23-43(40)78-13-6-16-81(66,67)68)57-61-41-21-31(4)39(25-45(41)80-15-8-18-83(72,73)74)59-62-42-20-30(3)38(24-44(42)79-14-7-17-82(69,70)71)58-56-36-11-10-34(52)22-33(36)26-53;1-4(2)3/h9-12,19-25,65H,6-8,13-18H2,1-5H3,(H,66,67,68)(H,69,70,71)(H,72,73,74)(H,75,76,77);. The van der Waals surface area contributed by atoms with Gasteiger partial charge in [-0.1, -0.05) is 17.7 Å². The van der Waals surface area contributed by atoms with Crippen molar-refractivity contribution in [3.63, 3.8) is 0 Å². The van der Waals surface area contributed by atoms with E-state index in [2.05, 4.69) is 45.9 Å². The molecule has 5 aromatic carbocycles. The fraction of sp³-hybridized carbons (Fsp3) is 0.275. The topological polar surface area (TPSA) is 462 Å². The zero-order valence-electron chi connectivity index (χ0n) is 46.5. The van der Waals surface area contributed by atoms with E-state index in [0.717, 1.165) is 10.5 Å². The van der Waals surface area contributed by atoms with Crippen LogP contribution in [0, 0.1) is 57.3 Å². The van der Waals surface area contributed by atoms with Crippen LogP contribution >= 0.6 is 35.1 Å². The first kappa shape index (κ1) is 69.4. The van der Waals surface area contributed by atoms with Gasteiger partial charge in [0.2, 0.25) is 5.88 Å². The van der Waals surface area contributed by atoms with Gasteiger partial charge < -0.3 is 9.84 Å². The number of nitrogens with zero attached hydrogens (tertiary/aromatic N) is 12. The average molecular weight is 1360 g/mol. The minimum Gasteiger partial charge on any atom is -0.493 e. The Morgan fingerprint density at radius 2 is 1.06 bits per heavy atom. The third-order valence-electron chi connectivity index (χ3n) is 12.1. The van der Waals surface area contributed by atoms with E-state index in [4.69, 9.17) is 29.0 Å². The summed E-state index contributed by atoms with van der Waals surface area (Å²) in [6, 6.07) is 20.7. The SMILES string of the molecule is Cc1cc(N=Nc2cc(SCCCS(=O)(=O)O)c(N=Nc3cc(OCCCS(=O)(=O)O)c(N=Nc4c(C)c(C#N)c5nc6c(S(=O)(=O)O)ccc(C)c6n5c4O)cc3C)cc2C)c(SCCCS(=O)(=O)O)cc1N=Nc1ccc(Cl)cc1C#N.O=S(=O)=O. The van der Waals surface area contributed by atoms with Crippen molar-refractivity contribution in [1.29, 1.82) is 10.5 Å². The Morgan fingerprint density at radius 1 is 0.591 bits per heavy atom. The van der Waals surface area contributed by atoms with Crippen LogP contribution in [-0.4, -0.2) is 114 Å². The summed E-state index contributed by atoms with van der Waals surface area (Å²) < 4.78 is 165. The third kappa shape index (κ3) is 19.1. The minimum atomic E-state index is -4.81.